The van der Waals surface area contributed by atoms with Crippen LogP contribution in [0.25, 0.3) is 0 Å². The fraction of sp³-hybridized carbons (Fsp3) is 0.409. The minimum Gasteiger partial charge on any atom is -0.497 e. The van der Waals surface area contributed by atoms with Crippen LogP contribution in [0, 0.1) is 5.92 Å². The van der Waals surface area contributed by atoms with E-state index in [1.807, 2.05) is 18.2 Å². The Bertz CT molecular complexity index is 835. The monoisotopic (exact) mass is 464 g/mol. The molecule has 6 heteroatoms. The normalized spacial score (nSPS) is 15.5. The van der Waals surface area contributed by atoms with Crippen molar-refractivity contribution in [1.82, 2.24) is 4.90 Å². The summed E-state index contributed by atoms with van der Waals surface area (Å²) in [4.78, 5) is 13.8. The summed E-state index contributed by atoms with van der Waals surface area (Å²) in [7, 11) is 1.71. The van der Waals surface area contributed by atoms with Gasteiger partial charge in [-0.1, -0.05) is 33.6 Å². The van der Waals surface area contributed by atoms with E-state index in [1.54, 1.807) is 13.2 Å². The topological polar surface area (TPSA) is 55.6 Å². The van der Waals surface area contributed by atoms with E-state index in [9.17, 15) is 4.79 Å². The Labute approximate surface area is 180 Å². The van der Waals surface area contributed by atoms with E-state index in [0.717, 1.165) is 48.3 Å². The second-order valence-corrected chi connectivity index (χ2v) is 8.64. The van der Waals surface area contributed by atoms with Gasteiger partial charge in [0.05, 0.1) is 17.7 Å². The Morgan fingerprint density at radius 2 is 2.00 bits per heavy atom. The lowest BCUT2D eigenvalue weighted by Gasteiger charge is -2.32. The highest BCUT2D eigenvalue weighted by Crippen LogP contribution is 2.29. The molecule has 1 heterocycles. The molecule has 3 rings (SSSR count). The van der Waals surface area contributed by atoms with E-state index < -0.39 is 5.91 Å². The van der Waals surface area contributed by atoms with E-state index in [-0.39, 0.29) is 0 Å². The summed E-state index contributed by atoms with van der Waals surface area (Å²) in [6.45, 7) is 3.22. The average molecular weight is 466 g/mol. The first-order valence-electron chi connectivity index (χ1n) is 9.59. The zero-order valence-electron chi connectivity index (χ0n) is 16.1. The summed E-state index contributed by atoms with van der Waals surface area (Å²) in [6, 6.07) is 11.7. The molecule has 1 aliphatic rings. The molecule has 1 fully saturated rings. The van der Waals surface area contributed by atoms with Crippen LogP contribution in [0.3, 0.4) is 0 Å². The number of rotatable bonds is 7. The minimum absolute atomic E-state index is 0.384. The standard InChI is InChI=1S/C22H26BrClN2O2/c1-28-18-3-5-20(23)17(14-18)12-16-7-10-26(11-8-16)9-6-15-2-4-19(22(25)27)21(24)13-15/h2-5,13-14,16H,6-12H2,1H3,(H2,25,27). The van der Waals surface area contributed by atoms with Gasteiger partial charge in [-0.2, -0.15) is 0 Å². The van der Waals surface area contributed by atoms with Crippen LogP contribution >= 0.6 is 27.5 Å². The summed E-state index contributed by atoms with van der Waals surface area (Å²) in [5.74, 6) is 1.13. The molecule has 2 aromatic rings. The lowest BCUT2D eigenvalue weighted by Crippen LogP contribution is -2.35. The van der Waals surface area contributed by atoms with E-state index >= 15 is 0 Å². The van der Waals surface area contributed by atoms with Gasteiger partial charge in [-0.05, 0) is 86.1 Å². The first-order chi connectivity index (χ1) is 13.5. The van der Waals surface area contributed by atoms with Gasteiger partial charge in [0.2, 0.25) is 5.91 Å². The van der Waals surface area contributed by atoms with Crippen molar-refractivity contribution in [3.63, 3.8) is 0 Å². The van der Waals surface area contributed by atoms with Gasteiger partial charge in [0.15, 0.2) is 0 Å². The maximum absolute atomic E-state index is 11.3. The lowest BCUT2D eigenvalue weighted by molar-refractivity contribution is 0.100. The molecule has 0 aliphatic carbocycles. The number of nitrogens with two attached hydrogens (primary N) is 1. The number of primary amides is 1. The molecule has 0 aromatic heterocycles. The van der Waals surface area contributed by atoms with Gasteiger partial charge in [-0.3, -0.25) is 4.79 Å². The van der Waals surface area contributed by atoms with Crippen LogP contribution in [-0.4, -0.2) is 37.6 Å². The molecule has 2 N–H and O–H groups in total. The van der Waals surface area contributed by atoms with Crippen molar-refractivity contribution in [3.8, 4) is 5.75 Å². The van der Waals surface area contributed by atoms with E-state index in [2.05, 4.69) is 33.0 Å². The molecule has 1 aliphatic heterocycles. The molecule has 150 valence electrons. The number of hydrogen-bond acceptors (Lipinski definition) is 3. The lowest BCUT2D eigenvalue weighted by atomic mass is 9.90. The van der Waals surface area contributed by atoms with E-state index in [1.165, 1.54) is 18.4 Å². The third-order valence-corrected chi connectivity index (χ3v) is 6.57. The highest BCUT2D eigenvalue weighted by molar-refractivity contribution is 9.10. The molecule has 0 unspecified atom stereocenters. The van der Waals surface area contributed by atoms with E-state index in [4.69, 9.17) is 22.1 Å². The summed E-state index contributed by atoms with van der Waals surface area (Å²) in [5, 5.41) is 0.438. The summed E-state index contributed by atoms with van der Waals surface area (Å²) >= 11 is 9.81. The quantitative estimate of drug-likeness (QED) is 0.644. The largest absolute Gasteiger partial charge is 0.497 e. The molecule has 28 heavy (non-hydrogen) atoms. The fourth-order valence-electron chi connectivity index (χ4n) is 3.76. The summed E-state index contributed by atoms with van der Waals surface area (Å²) < 4.78 is 6.51. The molecule has 1 amide bonds. The van der Waals surface area contributed by atoms with Crippen LogP contribution in [-0.2, 0) is 12.8 Å². The van der Waals surface area contributed by atoms with Crippen LogP contribution in [0.15, 0.2) is 40.9 Å². The molecule has 2 aromatic carbocycles. The average Bonchev–Trinajstić information content (AvgIpc) is 2.69. The van der Waals surface area contributed by atoms with E-state index in [0.29, 0.717) is 16.5 Å². The van der Waals surface area contributed by atoms with Gasteiger partial charge in [0, 0.05) is 11.0 Å². The third kappa shape index (κ3) is 5.49. The second kappa shape index (κ2) is 9.77. The highest BCUT2D eigenvalue weighted by atomic mass is 79.9. The number of amides is 1. The highest BCUT2D eigenvalue weighted by Gasteiger charge is 2.20. The Hall–Kier alpha value is -1.56. The minimum atomic E-state index is -0.485. The van der Waals surface area contributed by atoms with Crippen molar-refractivity contribution in [3.05, 3.63) is 62.6 Å². The van der Waals surface area contributed by atoms with Crippen LogP contribution in [0.2, 0.25) is 5.02 Å². The molecule has 0 radical (unpaired) electrons. The Balaban J connectivity index is 1.48. The van der Waals surface area contributed by atoms with Gasteiger partial charge in [0.25, 0.3) is 0 Å². The Kier molecular flexibility index (Phi) is 7.38. The fourth-order valence-corrected chi connectivity index (χ4v) is 4.47. The first-order valence-corrected chi connectivity index (χ1v) is 10.8. The van der Waals surface area contributed by atoms with Gasteiger partial charge in [0.1, 0.15) is 5.75 Å². The number of benzene rings is 2. The van der Waals surface area contributed by atoms with Crippen LogP contribution in [0.5, 0.6) is 5.75 Å². The third-order valence-electron chi connectivity index (χ3n) is 5.48. The number of carbonyl (C=O) groups excluding carboxylic acids is 1. The van der Waals surface area contributed by atoms with Gasteiger partial charge in [-0.15, -0.1) is 0 Å². The molecule has 0 atom stereocenters. The number of nitrogens with zero attached hydrogens (tertiary/aromatic N) is 1. The zero-order valence-corrected chi connectivity index (χ0v) is 18.4. The molecular weight excluding hydrogens is 440 g/mol. The van der Waals surface area contributed by atoms with Crippen molar-refractivity contribution in [2.45, 2.75) is 25.7 Å². The smallest absolute Gasteiger partial charge is 0.250 e. The number of halogens is 2. The summed E-state index contributed by atoms with van der Waals surface area (Å²) in [6.07, 6.45) is 4.40. The van der Waals surface area contributed by atoms with Gasteiger partial charge < -0.3 is 15.4 Å². The van der Waals surface area contributed by atoms with Crippen LogP contribution in [0.4, 0.5) is 0 Å². The number of carbonyl (C=O) groups is 1. The maximum atomic E-state index is 11.3. The first kappa shape index (κ1) is 21.2. The van der Waals surface area contributed by atoms with Crippen molar-refractivity contribution in [2.24, 2.45) is 11.7 Å². The van der Waals surface area contributed by atoms with Crippen molar-refractivity contribution < 1.29 is 9.53 Å². The number of methoxy groups -OCH3 is 1. The molecule has 4 nitrogen and oxygen atoms in total. The molecule has 0 saturated carbocycles. The number of hydrogen-bond donors (Lipinski definition) is 1. The number of piperidine rings is 1. The molecule has 0 spiro atoms. The van der Waals surface area contributed by atoms with Crippen molar-refractivity contribution >= 4 is 33.4 Å². The Morgan fingerprint density at radius 1 is 1.25 bits per heavy atom. The van der Waals surface area contributed by atoms with Gasteiger partial charge >= 0.3 is 0 Å². The summed E-state index contributed by atoms with van der Waals surface area (Å²) in [5.41, 5.74) is 8.15. The van der Waals surface area contributed by atoms with Crippen molar-refractivity contribution in [2.75, 3.05) is 26.7 Å². The van der Waals surface area contributed by atoms with Crippen molar-refractivity contribution in [1.29, 1.82) is 0 Å². The maximum Gasteiger partial charge on any atom is 0.250 e. The molecular formula is C22H26BrClN2O2. The number of likely N-dealkylation sites (tertiary alicyclic amines) is 1. The SMILES string of the molecule is COc1ccc(Br)c(CC2CCN(CCc3ccc(C(N)=O)c(Cl)c3)CC2)c1. The zero-order chi connectivity index (χ0) is 20.1. The Morgan fingerprint density at radius 3 is 2.64 bits per heavy atom. The predicted octanol–water partition coefficient (Wildman–Crippen LogP) is 4.71. The number of ether oxygens (including phenoxy) is 1. The van der Waals surface area contributed by atoms with Crippen LogP contribution in [0.1, 0.15) is 34.3 Å². The molecule has 1 saturated heterocycles. The predicted molar refractivity (Wildman–Crippen MR) is 117 cm³/mol. The second-order valence-electron chi connectivity index (χ2n) is 7.37. The van der Waals surface area contributed by atoms with Gasteiger partial charge in [-0.25, -0.2) is 0 Å². The molecule has 0 bridgehead atoms. The van der Waals surface area contributed by atoms with Crippen LogP contribution < -0.4 is 10.5 Å².